The van der Waals surface area contributed by atoms with E-state index in [2.05, 4.69) is 20.5 Å². The van der Waals surface area contributed by atoms with E-state index in [4.69, 9.17) is 4.42 Å². The highest BCUT2D eigenvalue weighted by Gasteiger charge is 2.19. The summed E-state index contributed by atoms with van der Waals surface area (Å²) in [7, 11) is 0. The van der Waals surface area contributed by atoms with Crippen molar-refractivity contribution in [2.75, 3.05) is 5.32 Å². The Morgan fingerprint density at radius 1 is 1.21 bits per heavy atom. The molecule has 122 valence electrons. The van der Waals surface area contributed by atoms with Gasteiger partial charge in [0.1, 0.15) is 0 Å². The number of benzene rings is 1. The molecule has 0 aliphatic heterocycles. The molecule has 0 spiro atoms. The average molecular weight is 340 g/mol. The van der Waals surface area contributed by atoms with Crippen molar-refractivity contribution in [1.29, 1.82) is 0 Å². The molecule has 6 nitrogen and oxygen atoms in total. The quantitative estimate of drug-likeness (QED) is 0.715. The van der Waals surface area contributed by atoms with Gasteiger partial charge < -0.3 is 9.73 Å². The second-order valence-electron chi connectivity index (χ2n) is 5.23. The first kappa shape index (κ1) is 16.2. The lowest BCUT2D eigenvalue weighted by Gasteiger charge is -2.09. The molecule has 24 heavy (non-hydrogen) atoms. The third-order valence-corrected chi connectivity index (χ3v) is 4.22. The summed E-state index contributed by atoms with van der Waals surface area (Å²) < 4.78 is 5.58. The number of anilines is 1. The van der Waals surface area contributed by atoms with Crippen molar-refractivity contribution >= 4 is 23.4 Å². The molecule has 0 radical (unpaired) electrons. The summed E-state index contributed by atoms with van der Waals surface area (Å²) >= 11 is 1.22. The van der Waals surface area contributed by atoms with E-state index in [1.165, 1.54) is 11.8 Å². The number of carbonyl (C=O) groups is 1. The minimum absolute atomic E-state index is 0.120. The van der Waals surface area contributed by atoms with Crippen LogP contribution >= 0.6 is 11.8 Å². The zero-order valence-corrected chi connectivity index (χ0v) is 14.1. The Morgan fingerprint density at radius 2 is 2.00 bits per heavy atom. The Balaban J connectivity index is 1.62. The van der Waals surface area contributed by atoms with Crippen LogP contribution in [0.4, 0.5) is 5.69 Å². The highest BCUT2D eigenvalue weighted by atomic mass is 32.2. The minimum Gasteiger partial charge on any atom is -0.411 e. The molecule has 0 bridgehead atoms. The fraction of sp³-hybridized carbons (Fsp3) is 0.176. The number of thioether (sulfide) groups is 1. The number of amides is 1. The van der Waals surface area contributed by atoms with Gasteiger partial charge in [-0.15, -0.1) is 10.2 Å². The van der Waals surface area contributed by atoms with Gasteiger partial charge in [-0.25, -0.2) is 0 Å². The van der Waals surface area contributed by atoms with Crippen molar-refractivity contribution in [3.63, 3.8) is 0 Å². The van der Waals surface area contributed by atoms with E-state index in [1.54, 1.807) is 25.4 Å². The van der Waals surface area contributed by atoms with Crippen LogP contribution in [-0.4, -0.2) is 26.3 Å². The third-order valence-electron chi connectivity index (χ3n) is 3.28. The highest BCUT2D eigenvalue weighted by Crippen LogP contribution is 2.26. The molecule has 2 aromatic heterocycles. The van der Waals surface area contributed by atoms with Crippen LogP contribution in [0.1, 0.15) is 12.5 Å². The number of nitrogens with zero attached hydrogens (tertiary/aromatic N) is 3. The van der Waals surface area contributed by atoms with Gasteiger partial charge in [0, 0.05) is 18.1 Å². The van der Waals surface area contributed by atoms with Gasteiger partial charge in [0.2, 0.25) is 11.8 Å². The van der Waals surface area contributed by atoms with Gasteiger partial charge in [-0.1, -0.05) is 29.5 Å². The number of rotatable bonds is 5. The lowest BCUT2D eigenvalue weighted by molar-refractivity contribution is -0.115. The van der Waals surface area contributed by atoms with E-state index in [-0.39, 0.29) is 11.2 Å². The monoisotopic (exact) mass is 340 g/mol. The molecule has 0 fully saturated rings. The third kappa shape index (κ3) is 3.99. The van der Waals surface area contributed by atoms with Crippen molar-refractivity contribution in [2.45, 2.75) is 24.3 Å². The molecule has 1 aromatic carbocycles. The average Bonchev–Trinajstić information content (AvgIpc) is 3.06. The van der Waals surface area contributed by atoms with E-state index in [9.17, 15) is 4.79 Å². The molecular formula is C17H16N4O2S. The lowest BCUT2D eigenvalue weighted by atomic mass is 10.2. The molecule has 1 atom stereocenters. The summed E-state index contributed by atoms with van der Waals surface area (Å²) in [5, 5.41) is 10.8. The molecule has 0 aliphatic carbocycles. The first-order valence-electron chi connectivity index (χ1n) is 7.40. The maximum absolute atomic E-state index is 12.2. The Morgan fingerprint density at radius 3 is 2.71 bits per heavy atom. The summed E-state index contributed by atoms with van der Waals surface area (Å²) in [5.74, 6) is 0.265. The predicted octanol–water partition coefficient (Wildman–Crippen LogP) is 3.56. The van der Waals surface area contributed by atoms with Crippen LogP contribution in [0.5, 0.6) is 0 Å². The van der Waals surface area contributed by atoms with Crippen LogP contribution in [0, 0.1) is 6.92 Å². The van der Waals surface area contributed by atoms with Gasteiger partial charge in [0.15, 0.2) is 0 Å². The van der Waals surface area contributed by atoms with E-state index >= 15 is 0 Å². The number of hydrogen-bond acceptors (Lipinski definition) is 6. The number of aryl methyl sites for hydroxylation is 1. The maximum Gasteiger partial charge on any atom is 0.277 e. The molecule has 0 saturated carbocycles. The molecule has 0 unspecified atom stereocenters. The van der Waals surface area contributed by atoms with Gasteiger partial charge in [0.05, 0.1) is 10.8 Å². The van der Waals surface area contributed by atoms with Gasteiger partial charge >= 0.3 is 0 Å². The predicted molar refractivity (Wildman–Crippen MR) is 92.7 cm³/mol. The molecule has 3 aromatic rings. The molecule has 7 heteroatoms. The summed E-state index contributed by atoms with van der Waals surface area (Å²) in [4.78, 5) is 16.3. The Kier molecular flexibility index (Phi) is 4.90. The van der Waals surface area contributed by atoms with Crippen molar-refractivity contribution in [2.24, 2.45) is 0 Å². The first-order valence-corrected chi connectivity index (χ1v) is 8.28. The summed E-state index contributed by atoms with van der Waals surface area (Å²) in [6, 6.07) is 11.3. The number of aromatic nitrogens is 3. The lowest BCUT2D eigenvalue weighted by Crippen LogP contribution is -2.22. The minimum atomic E-state index is -0.367. The van der Waals surface area contributed by atoms with Crippen LogP contribution in [0.25, 0.3) is 11.5 Å². The van der Waals surface area contributed by atoms with Crippen LogP contribution in [-0.2, 0) is 4.79 Å². The molecular weight excluding hydrogens is 324 g/mol. The van der Waals surface area contributed by atoms with Gasteiger partial charge in [-0.05, 0) is 38.1 Å². The Hall–Kier alpha value is -2.67. The van der Waals surface area contributed by atoms with E-state index < -0.39 is 0 Å². The summed E-state index contributed by atoms with van der Waals surface area (Å²) in [6.07, 6.45) is 3.32. The molecule has 1 N–H and O–H groups in total. The van der Waals surface area contributed by atoms with Crippen LogP contribution in [0.3, 0.4) is 0 Å². The molecule has 0 aliphatic rings. The molecule has 3 rings (SSSR count). The fourth-order valence-corrected chi connectivity index (χ4v) is 2.63. The second kappa shape index (κ2) is 7.27. The zero-order chi connectivity index (χ0) is 16.9. The SMILES string of the molecule is Cc1ccc(NC(=O)[C@H](C)Sc2nnc(-c3cccnc3)o2)cc1. The molecule has 2 heterocycles. The number of pyridine rings is 1. The van der Waals surface area contributed by atoms with Gasteiger partial charge in [-0.2, -0.15) is 0 Å². The second-order valence-corrected chi connectivity index (χ2v) is 6.52. The Bertz CT molecular complexity index is 818. The van der Waals surface area contributed by atoms with Gasteiger partial charge in [-0.3, -0.25) is 9.78 Å². The van der Waals surface area contributed by atoms with E-state index in [0.29, 0.717) is 11.1 Å². The first-order chi connectivity index (χ1) is 11.6. The number of hydrogen-bond donors (Lipinski definition) is 1. The van der Waals surface area contributed by atoms with Crippen molar-refractivity contribution in [3.05, 3.63) is 54.4 Å². The largest absolute Gasteiger partial charge is 0.411 e. The zero-order valence-electron chi connectivity index (χ0n) is 13.3. The van der Waals surface area contributed by atoms with Crippen LogP contribution < -0.4 is 5.32 Å². The van der Waals surface area contributed by atoms with E-state index in [0.717, 1.165) is 16.8 Å². The number of carbonyl (C=O) groups excluding carboxylic acids is 1. The van der Waals surface area contributed by atoms with Crippen molar-refractivity contribution in [3.8, 4) is 11.5 Å². The molecule has 1 amide bonds. The fourth-order valence-electron chi connectivity index (χ4n) is 1.95. The summed E-state index contributed by atoms with van der Waals surface area (Å²) in [6.45, 7) is 3.79. The van der Waals surface area contributed by atoms with Crippen LogP contribution in [0.15, 0.2) is 58.4 Å². The topological polar surface area (TPSA) is 80.9 Å². The number of nitrogens with one attached hydrogen (secondary N) is 1. The van der Waals surface area contributed by atoms with E-state index in [1.807, 2.05) is 37.3 Å². The normalized spacial score (nSPS) is 11.9. The van der Waals surface area contributed by atoms with Crippen molar-refractivity contribution in [1.82, 2.24) is 15.2 Å². The smallest absolute Gasteiger partial charge is 0.277 e. The maximum atomic E-state index is 12.2. The van der Waals surface area contributed by atoms with Crippen molar-refractivity contribution < 1.29 is 9.21 Å². The van der Waals surface area contributed by atoms with Gasteiger partial charge in [0.25, 0.3) is 5.22 Å². The Labute approximate surface area is 143 Å². The highest BCUT2D eigenvalue weighted by molar-refractivity contribution is 8.00. The summed E-state index contributed by atoms with van der Waals surface area (Å²) in [5.41, 5.74) is 2.65. The molecule has 0 saturated heterocycles. The van der Waals surface area contributed by atoms with Crippen LogP contribution in [0.2, 0.25) is 0 Å². The standard InChI is InChI=1S/C17H16N4O2S/c1-11-5-7-14(8-6-11)19-15(22)12(2)24-17-21-20-16(23-17)13-4-3-9-18-10-13/h3-10,12H,1-2H3,(H,19,22)/t12-/m0/s1.